The lowest BCUT2D eigenvalue weighted by atomic mass is 9.75. The molecule has 4 nitrogen and oxygen atoms in total. The Morgan fingerprint density at radius 1 is 0.528 bits per heavy atom. The Hall–Kier alpha value is -3.92. The molecular weight excluding hydrogens is 440 g/mol. The van der Waals surface area contributed by atoms with Gasteiger partial charge in [0.2, 0.25) is 0 Å². The van der Waals surface area contributed by atoms with E-state index in [2.05, 4.69) is 71.0 Å². The monoisotopic (exact) mass is 478 g/mol. The number of fused-ring (bicyclic) bond motifs is 1. The largest absolute Gasteiger partial charge is 0.399 e. The van der Waals surface area contributed by atoms with E-state index in [0.29, 0.717) is 0 Å². The first kappa shape index (κ1) is 25.2. The van der Waals surface area contributed by atoms with Gasteiger partial charge in [-0.3, -0.25) is 0 Å². The van der Waals surface area contributed by atoms with E-state index >= 15 is 0 Å². The summed E-state index contributed by atoms with van der Waals surface area (Å²) < 4.78 is 0. The third-order valence-corrected chi connectivity index (χ3v) is 7.50. The molecule has 0 amide bonds. The van der Waals surface area contributed by atoms with E-state index in [4.69, 9.17) is 22.9 Å². The molecule has 4 heteroatoms. The normalized spacial score (nSPS) is 17.7. The van der Waals surface area contributed by atoms with E-state index in [1.54, 1.807) is 0 Å². The summed E-state index contributed by atoms with van der Waals surface area (Å²) in [5.41, 5.74) is 35.6. The maximum Gasteiger partial charge on any atom is 0.0317 e. The number of rotatable bonds is 2. The number of anilines is 4. The van der Waals surface area contributed by atoms with Gasteiger partial charge in [-0.15, -0.1) is 0 Å². The van der Waals surface area contributed by atoms with Crippen LogP contribution in [0.5, 0.6) is 0 Å². The molecule has 0 bridgehead atoms. The average molecular weight is 479 g/mol. The standard InChI is InChI=1S/C18H22N2.C14H16N2/c1-17(2)11-18(3,12-4-6-13(19)7-5-12)15-9-8-14(20)10-16(15)17;1-9-7-11(15)3-5-13(9)14-6-4-12(16)8-10(14)2/h4-10H,11,19-20H2,1-3H3;3-8H,15-16H2,1-2H3. The van der Waals surface area contributed by atoms with Crippen LogP contribution in [0.15, 0.2) is 78.9 Å². The molecule has 1 aliphatic rings. The fourth-order valence-corrected chi connectivity index (χ4v) is 5.76. The molecule has 0 saturated carbocycles. The van der Waals surface area contributed by atoms with Crippen LogP contribution in [0.1, 0.15) is 55.0 Å². The van der Waals surface area contributed by atoms with E-state index in [9.17, 15) is 0 Å². The molecule has 0 aliphatic heterocycles. The fraction of sp³-hybridized carbons (Fsp3) is 0.250. The lowest BCUT2D eigenvalue weighted by Crippen LogP contribution is -2.23. The van der Waals surface area contributed by atoms with Crippen molar-refractivity contribution in [2.75, 3.05) is 22.9 Å². The minimum atomic E-state index is 0.0280. The highest BCUT2D eigenvalue weighted by molar-refractivity contribution is 5.73. The quantitative estimate of drug-likeness (QED) is 0.233. The van der Waals surface area contributed by atoms with E-state index in [1.165, 1.54) is 38.9 Å². The number of aryl methyl sites for hydroxylation is 2. The number of hydrogen-bond donors (Lipinski definition) is 4. The highest BCUT2D eigenvalue weighted by atomic mass is 14.6. The molecule has 1 aliphatic carbocycles. The number of nitrogen functional groups attached to an aromatic ring is 4. The maximum absolute atomic E-state index is 5.98. The second kappa shape index (κ2) is 9.27. The van der Waals surface area contributed by atoms with Crippen LogP contribution in [-0.2, 0) is 10.8 Å². The van der Waals surface area contributed by atoms with Crippen molar-refractivity contribution in [2.24, 2.45) is 0 Å². The van der Waals surface area contributed by atoms with Crippen LogP contribution in [0.3, 0.4) is 0 Å². The Kier molecular flexibility index (Phi) is 6.48. The summed E-state index contributed by atoms with van der Waals surface area (Å²) in [7, 11) is 0. The Morgan fingerprint density at radius 2 is 0.972 bits per heavy atom. The summed E-state index contributed by atoms with van der Waals surface area (Å²) in [4.78, 5) is 0. The van der Waals surface area contributed by atoms with Crippen LogP contribution in [0.25, 0.3) is 11.1 Å². The molecule has 4 aromatic carbocycles. The summed E-state index contributed by atoms with van der Waals surface area (Å²) in [6.45, 7) is 11.1. The second-order valence-electron chi connectivity index (χ2n) is 11.0. The van der Waals surface area contributed by atoms with Gasteiger partial charge in [-0.25, -0.2) is 0 Å². The summed E-state index contributed by atoms with van der Waals surface area (Å²) in [5, 5.41) is 0. The van der Waals surface area contributed by atoms with E-state index in [1.807, 2.05) is 42.5 Å². The van der Waals surface area contributed by atoms with Gasteiger partial charge < -0.3 is 22.9 Å². The molecule has 4 aromatic rings. The molecule has 36 heavy (non-hydrogen) atoms. The highest BCUT2D eigenvalue weighted by Gasteiger charge is 2.45. The third-order valence-electron chi connectivity index (χ3n) is 7.50. The highest BCUT2D eigenvalue weighted by Crippen LogP contribution is 2.53. The SMILES string of the molecule is CC1(C)CC(C)(c2ccc(N)cc2)c2ccc(N)cc21.Cc1cc(N)ccc1-c1ccc(N)cc1C. The lowest BCUT2D eigenvalue weighted by molar-refractivity contribution is 0.425. The van der Waals surface area contributed by atoms with Crippen molar-refractivity contribution in [1.29, 1.82) is 0 Å². The topological polar surface area (TPSA) is 104 Å². The van der Waals surface area contributed by atoms with Crippen molar-refractivity contribution >= 4 is 22.7 Å². The molecule has 1 unspecified atom stereocenters. The van der Waals surface area contributed by atoms with Crippen molar-refractivity contribution < 1.29 is 0 Å². The van der Waals surface area contributed by atoms with Gasteiger partial charge in [0.15, 0.2) is 0 Å². The van der Waals surface area contributed by atoms with Crippen molar-refractivity contribution in [1.82, 2.24) is 0 Å². The first-order chi connectivity index (χ1) is 16.9. The fourth-order valence-electron chi connectivity index (χ4n) is 5.76. The van der Waals surface area contributed by atoms with E-state index in [-0.39, 0.29) is 10.8 Å². The first-order valence-electron chi connectivity index (χ1n) is 12.4. The van der Waals surface area contributed by atoms with Gasteiger partial charge in [0.25, 0.3) is 0 Å². The molecule has 0 aromatic heterocycles. The van der Waals surface area contributed by atoms with Gasteiger partial charge in [0.05, 0.1) is 0 Å². The minimum absolute atomic E-state index is 0.0280. The molecule has 0 radical (unpaired) electrons. The zero-order valence-electron chi connectivity index (χ0n) is 22.0. The maximum atomic E-state index is 5.98. The number of hydrogen-bond acceptors (Lipinski definition) is 4. The molecule has 8 N–H and O–H groups in total. The van der Waals surface area contributed by atoms with E-state index in [0.717, 1.165) is 29.2 Å². The molecule has 0 fully saturated rings. The van der Waals surface area contributed by atoms with Crippen LogP contribution in [0, 0.1) is 13.8 Å². The zero-order valence-corrected chi connectivity index (χ0v) is 22.0. The van der Waals surface area contributed by atoms with Crippen LogP contribution in [-0.4, -0.2) is 0 Å². The van der Waals surface area contributed by atoms with Crippen LogP contribution in [0.2, 0.25) is 0 Å². The Labute approximate surface area is 215 Å². The molecule has 0 heterocycles. The number of benzene rings is 4. The van der Waals surface area contributed by atoms with Crippen molar-refractivity contribution in [3.05, 3.63) is 107 Å². The lowest BCUT2D eigenvalue weighted by Gasteiger charge is -2.28. The zero-order chi connectivity index (χ0) is 26.3. The molecule has 5 rings (SSSR count). The van der Waals surface area contributed by atoms with Gasteiger partial charge >= 0.3 is 0 Å². The van der Waals surface area contributed by atoms with Crippen LogP contribution < -0.4 is 22.9 Å². The predicted molar refractivity (Wildman–Crippen MR) is 156 cm³/mol. The summed E-state index contributed by atoms with van der Waals surface area (Å²) in [6.07, 6.45) is 1.09. The molecule has 1 atom stereocenters. The third kappa shape index (κ3) is 4.76. The first-order valence-corrected chi connectivity index (χ1v) is 12.4. The Bertz CT molecular complexity index is 1350. The average Bonchev–Trinajstić information content (AvgIpc) is 3.01. The molecular formula is C32H38N4. The summed E-state index contributed by atoms with van der Waals surface area (Å²) >= 11 is 0. The number of nitrogens with two attached hydrogens (primary N) is 4. The van der Waals surface area contributed by atoms with Gasteiger partial charge in [0.1, 0.15) is 0 Å². The summed E-state index contributed by atoms with van der Waals surface area (Å²) in [6, 6.07) is 26.6. The predicted octanol–water partition coefficient (Wildman–Crippen LogP) is 6.97. The Balaban J connectivity index is 0.000000174. The van der Waals surface area contributed by atoms with Crippen LogP contribution >= 0.6 is 0 Å². The van der Waals surface area contributed by atoms with Crippen molar-refractivity contribution in [2.45, 2.75) is 51.9 Å². The van der Waals surface area contributed by atoms with E-state index < -0.39 is 0 Å². The summed E-state index contributed by atoms with van der Waals surface area (Å²) in [5.74, 6) is 0. The molecule has 0 spiro atoms. The Morgan fingerprint density at radius 3 is 1.47 bits per heavy atom. The van der Waals surface area contributed by atoms with Gasteiger partial charge in [-0.05, 0) is 113 Å². The van der Waals surface area contributed by atoms with Gasteiger partial charge in [-0.2, -0.15) is 0 Å². The smallest absolute Gasteiger partial charge is 0.0317 e. The minimum Gasteiger partial charge on any atom is -0.399 e. The molecule has 186 valence electrons. The van der Waals surface area contributed by atoms with Crippen molar-refractivity contribution in [3.8, 4) is 11.1 Å². The van der Waals surface area contributed by atoms with Crippen molar-refractivity contribution in [3.63, 3.8) is 0 Å². The van der Waals surface area contributed by atoms with Crippen LogP contribution in [0.4, 0.5) is 22.7 Å². The van der Waals surface area contributed by atoms with Gasteiger partial charge in [0, 0.05) is 28.2 Å². The second-order valence-corrected chi connectivity index (χ2v) is 11.0. The van der Waals surface area contributed by atoms with Gasteiger partial charge in [-0.1, -0.05) is 51.1 Å². The molecule has 0 saturated heterocycles.